The van der Waals surface area contributed by atoms with Gasteiger partial charge in [-0.15, -0.1) is 11.6 Å². The summed E-state index contributed by atoms with van der Waals surface area (Å²) in [6.45, 7) is 2.54. The Hall–Kier alpha value is -0.760. The predicted octanol–water partition coefficient (Wildman–Crippen LogP) is 3.05. The van der Waals surface area contributed by atoms with Crippen molar-refractivity contribution in [1.29, 1.82) is 0 Å². The molecule has 0 amide bonds. The molecule has 1 aromatic rings. The van der Waals surface area contributed by atoms with E-state index in [0.717, 1.165) is 17.8 Å². The standard InChI is InChI=1S/C12H14ClN3O2S2/c1-8-5-6-16(10(8)7-13)20(17,18)11-4-2-3-9-12(11)15-19-14-9/h2-4,8,10H,5-7H2,1H3. The van der Waals surface area contributed by atoms with E-state index in [1.165, 1.54) is 4.31 Å². The average Bonchev–Trinajstić information content (AvgIpc) is 3.03. The van der Waals surface area contributed by atoms with Gasteiger partial charge in [-0.1, -0.05) is 13.0 Å². The number of halogens is 1. The first-order valence-corrected chi connectivity index (χ1v) is 9.05. The quantitative estimate of drug-likeness (QED) is 0.811. The molecule has 2 aliphatic heterocycles. The minimum absolute atomic E-state index is 0.150. The molecule has 0 N–H and O–H groups in total. The smallest absolute Gasteiger partial charge is 0.207 e. The van der Waals surface area contributed by atoms with Crippen molar-refractivity contribution in [2.24, 2.45) is 14.6 Å². The summed E-state index contributed by atoms with van der Waals surface area (Å²) in [5.74, 6) is 0.584. The largest absolute Gasteiger partial charge is 0.245 e. The Balaban J connectivity index is 2.06. The molecule has 5 nitrogen and oxygen atoms in total. The highest BCUT2D eigenvalue weighted by Gasteiger charge is 2.40. The molecule has 1 aromatic carbocycles. The zero-order valence-corrected chi connectivity index (χ0v) is 13.2. The summed E-state index contributed by atoms with van der Waals surface area (Å²) in [7, 11) is -3.58. The fourth-order valence-corrected chi connectivity index (χ4v) is 5.66. The van der Waals surface area contributed by atoms with Crippen LogP contribution >= 0.6 is 11.6 Å². The second-order valence-corrected chi connectivity index (χ2v) is 7.69. The molecule has 1 saturated heterocycles. The molecule has 0 bridgehead atoms. The predicted molar refractivity (Wildman–Crippen MR) is 80.2 cm³/mol. The van der Waals surface area contributed by atoms with Crippen LogP contribution in [0.2, 0.25) is 0 Å². The Bertz CT molecular complexity index is 713. The zero-order chi connectivity index (χ0) is 14.3. The Morgan fingerprint density at radius 3 is 3.00 bits per heavy atom. The van der Waals surface area contributed by atoms with Gasteiger partial charge in [0.2, 0.25) is 10.0 Å². The second-order valence-electron chi connectivity index (χ2n) is 4.99. The maximum atomic E-state index is 12.9. The number of alkyl halides is 1. The highest BCUT2D eigenvalue weighted by Crippen LogP contribution is 2.40. The van der Waals surface area contributed by atoms with E-state index in [2.05, 4.69) is 8.73 Å². The molecule has 0 spiro atoms. The van der Waals surface area contributed by atoms with E-state index >= 15 is 0 Å². The van der Waals surface area contributed by atoms with Crippen molar-refractivity contribution in [3.05, 3.63) is 18.2 Å². The summed E-state index contributed by atoms with van der Waals surface area (Å²) in [4.78, 5) is 0.230. The molecule has 0 aliphatic carbocycles. The van der Waals surface area contributed by atoms with Crippen LogP contribution in [0.4, 0.5) is 11.4 Å². The highest BCUT2D eigenvalue weighted by atomic mass is 35.5. The van der Waals surface area contributed by atoms with E-state index in [9.17, 15) is 8.42 Å². The lowest BCUT2D eigenvalue weighted by molar-refractivity contribution is 0.375. The van der Waals surface area contributed by atoms with Crippen LogP contribution in [0.5, 0.6) is 0 Å². The van der Waals surface area contributed by atoms with Crippen molar-refractivity contribution in [2.45, 2.75) is 24.3 Å². The van der Waals surface area contributed by atoms with Gasteiger partial charge in [-0.2, -0.15) is 13.0 Å². The number of hydrogen-bond donors (Lipinski definition) is 0. The Labute approximate surface area is 126 Å². The number of benzene rings is 1. The van der Waals surface area contributed by atoms with E-state index in [0.29, 0.717) is 23.8 Å². The van der Waals surface area contributed by atoms with Crippen LogP contribution < -0.4 is 0 Å². The summed E-state index contributed by atoms with van der Waals surface area (Å²) in [6.07, 6.45) is 0.835. The summed E-state index contributed by atoms with van der Waals surface area (Å²) < 4.78 is 35.5. The average molecular weight is 332 g/mol. The van der Waals surface area contributed by atoms with Crippen LogP contribution in [0.1, 0.15) is 13.3 Å². The molecule has 3 rings (SSSR count). The fourth-order valence-electron chi connectivity index (χ4n) is 2.62. The van der Waals surface area contributed by atoms with Gasteiger partial charge >= 0.3 is 0 Å². The summed E-state index contributed by atoms with van der Waals surface area (Å²) >= 11 is 6.98. The molecule has 8 heteroatoms. The number of nitrogens with zero attached hydrogens (tertiary/aromatic N) is 3. The molecule has 0 aromatic heterocycles. The number of sulfonamides is 1. The van der Waals surface area contributed by atoms with Crippen LogP contribution in [-0.2, 0) is 21.4 Å². The highest BCUT2D eigenvalue weighted by molar-refractivity contribution is 7.89. The maximum Gasteiger partial charge on any atom is 0.245 e. The lowest BCUT2D eigenvalue weighted by Crippen LogP contribution is -2.38. The van der Waals surface area contributed by atoms with Gasteiger partial charge in [-0.25, -0.2) is 8.42 Å². The van der Waals surface area contributed by atoms with E-state index in [1.54, 1.807) is 18.2 Å². The van der Waals surface area contributed by atoms with Gasteiger partial charge in [0, 0.05) is 18.5 Å². The molecule has 108 valence electrons. The summed E-state index contributed by atoms with van der Waals surface area (Å²) in [5.41, 5.74) is 1.07. The van der Waals surface area contributed by atoms with Crippen molar-refractivity contribution in [3.8, 4) is 0 Å². The van der Waals surface area contributed by atoms with E-state index in [4.69, 9.17) is 11.6 Å². The lowest BCUT2D eigenvalue weighted by atomic mass is 10.1. The third kappa shape index (κ3) is 2.13. The Morgan fingerprint density at radius 1 is 1.45 bits per heavy atom. The molecule has 2 unspecified atom stereocenters. The van der Waals surface area contributed by atoms with Gasteiger partial charge in [0.15, 0.2) is 0 Å². The lowest BCUT2D eigenvalue weighted by Gasteiger charge is -2.24. The zero-order valence-electron chi connectivity index (χ0n) is 10.9. The monoisotopic (exact) mass is 331 g/mol. The van der Waals surface area contributed by atoms with Crippen molar-refractivity contribution < 1.29 is 8.42 Å². The third-order valence-corrected chi connectivity index (χ3v) is 6.64. The van der Waals surface area contributed by atoms with Gasteiger partial charge < -0.3 is 0 Å². The van der Waals surface area contributed by atoms with Crippen LogP contribution in [0, 0.1) is 5.92 Å². The van der Waals surface area contributed by atoms with E-state index in [-0.39, 0.29) is 16.9 Å². The van der Waals surface area contributed by atoms with Crippen LogP contribution in [0.25, 0.3) is 0 Å². The molecule has 0 radical (unpaired) electrons. The van der Waals surface area contributed by atoms with Crippen LogP contribution in [0.3, 0.4) is 0 Å². The van der Waals surface area contributed by atoms with Gasteiger partial charge in [0.25, 0.3) is 0 Å². The fraction of sp³-hybridized carbons (Fsp3) is 0.500. The molecular formula is C12H14ClN3O2S2. The molecule has 20 heavy (non-hydrogen) atoms. The van der Waals surface area contributed by atoms with Gasteiger partial charge in [-0.05, 0) is 24.5 Å². The van der Waals surface area contributed by atoms with Crippen molar-refractivity contribution in [2.75, 3.05) is 12.4 Å². The number of rotatable bonds is 3. The van der Waals surface area contributed by atoms with Gasteiger partial charge in [0.1, 0.15) is 16.3 Å². The molecule has 0 saturated carbocycles. The van der Waals surface area contributed by atoms with Crippen LogP contribution in [0.15, 0.2) is 31.8 Å². The Kier molecular flexibility index (Phi) is 3.70. The first-order chi connectivity index (χ1) is 9.55. The third-order valence-electron chi connectivity index (χ3n) is 3.83. The molecule has 2 aliphatic rings. The van der Waals surface area contributed by atoms with Crippen molar-refractivity contribution in [1.82, 2.24) is 4.31 Å². The molecule has 1 fully saturated rings. The van der Waals surface area contributed by atoms with Crippen LogP contribution in [-0.4, -0.2) is 31.2 Å². The maximum absolute atomic E-state index is 12.9. The van der Waals surface area contributed by atoms with Crippen molar-refractivity contribution >= 4 is 44.4 Å². The Morgan fingerprint density at radius 2 is 2.25 bits per heavy atom. The topological polar surface area (TPSA) is 62.1 Å². The molecule has 2 heterocycles. The minimum atomic E-state index is -3.58. The van der Waals surface area contributed by atoms with Gasteiger partial charge in [0.05, 0.1) is 11.4 Å². The van der Waals surface area contributed by atoms with E-state index < -0.39 is 10.0 Å². The van der Waals surface area contributed by atoms with Gasteiger partial charge in [-0.3, -0.25) is 0 Å². The summed E-state index contributed by atoms with van der Waals surface area (Å²) in [6, 6.07) is 4.91. The van der Waals surface area contributed by atoms with Crippen molar-refractivity contribution in [3.63, 3.8) is 0 Å². The first kappa shape index (κ1) is 14.2. The SMILES string of the molecule is CC1CCN(S(=O)(=O)c2cccc3c2N=S=N3)C1CCl. The normalized spacial score (nSPS) is 25.7. The minimum Gasteiger partial charge on any atom is -0.207 e. The van der Waals surface area contributed by atoms with E-state index in [1.807, 2.05) is 6.92 Å². The molecule has 2 atom stereocenters. The number of hydrogen-bond acceptors (Lipinski definition) is 4. The molecular weight excluding hydrogens is 318 g/mol. The summed E-state index contributed by atoms with van der Waals surface area (Å²) in [5, 5.41) is 0. The number of fused-ring (bicyclic) bond motifs is 1. The second kappa shape index (κ2) is 5.22. The first-order valence-electron chi connectivity index (χ1n) is 6.35.